The molecule has 0 amide bonds. The van der Waals surface area contributed by atoms with Gasteiger partial charge in [-0.25, -0.2) is 0 Å². The number of hydrogen-bond acceptors (Lipinski definition) is 2. The number of rotatable bonds is 2. The standard InChI is InChI=1S/C10H13N3.2ClH/c1-2-13-9(6-11)5-8-7-12-4-3-10(8)13;;/h3-5,7H,2,6,11H2,1H3;2*1H. The van der Waals surface area contributed by atoms with Crippen LogP contribution in [-0.4, -0.2) is 9.55 Å². The number of nitrogens with two attached hydrogens (primary N) is 1. The van der Waals surface area contributed by atoms with Crippen molar-refractivity contribution in [1.82, 2.24) is 9.55 Å². The lowest BCUT2D eigenvalue weighted by Gasteiger charge is -2.04. The van der Waals surface area contributed by atoms with E-state index in [1.54, 1.807) is 0 Å². The van der Waals surface area contributed by atoms with Gasteiger partial charge in [0.15, 0.2) is 0 Å². The molecular weight excluding hydrogens is 233 g/mol. The third-order valence-electron chi connectivity index (χ3n) is 2.31. The highest BCUT2D eigenvalue weighted by atomic mass is 35.5. The summed E-state index contributed by atoms with van der Waals surface area (Å²) in [5.74, 6) is 0. The molecule has 0 spiro atoms. The minimum atomic E-state index is 0. The molecule has 2 aromatic heterocycles. The normalized spacial score (nSPS) is 9.47. The van der Waals surface area contributed by atoms with Crippen LogP contribution in [-0.2, 0) is 13.1 Å². The molecule has 0 saturated carbocycles. The van der Waals surface area contributed by atoms with Crippen molar-refractivity contribution in [2.75, 3.05) is 0 Å². The molecule has 0 unspecified atom stereocenters. The molecule has 0 bridgehead atoms. The number of aryl methyl sites for hydroxylation is 1. The summed E-state index contributed by atoms with van der Waals surface area (Å²) in [6.07, 6.45) is 3.69. The molecule has 15 heavy (non-hydrogen) atoms. The topological polar surface area (TPSA) is 43.8 Å². The highest BCUT2D eigenvalue weighted by Crippen LogP contribution is 2.17. The molecule has 2 aromatic rings. The Morgan fingerprint density at radius 2 is 2.13 bits per heavy atom. The largest absolute Gasteiger partial charge is 0.344 e. The molecule has 0 fully saturated rings. The Balaban J connectivity index is 0.000000980. The van der Waals surface area contributed by atoms with Gasteiger partial charge in [0.25, 0.3) is 0 Å². The third kappa shape index (κ3) is 2.43. The van der Waals surface area contributed by atoms with Crippen LogP contribution in [0.3, 0.4) is 0 Å². The lowest BCUT2D eigenvalue weighted by molar-refractivity contribution is 0.739. The third-order valence-corrected chi connectivity index (χ3v) is 2.31. The summed E-state index contributed by atoms with van der Waals surface area (Å²) in [5.41, 5.74) is 8.04. The molecule has 0 aliphatic rings. The molecule has 5 heteroatoms. The van der Waals surface area contributed by atoms with Gasteiger partial charge in [0.05, 0.1) is 5.52 Å². The van der Waals surface area contributed by atoms with E-state index in [1.807, 2.05) is 18.5 Å². The summed E-state index contributed by atoms with van der Waals surface area (Å²) in [7, 11) is 0. The van der Waals surface area contributed by atoms with Gasteiger partial charge in [0.2, 0.25) is 0 Å². The number of fused-ring (bicyclic) bond motifs is 1. The maximum atomic E-state index is 5.65. The first-order valence-corrected chi connectivity index (χ1v) is 4.49. The molecule has 2 N–H and O–H groups in total. The predicted octanol–water partition coefficient (Wildman–Crippen LogP) is 2.36. The average molecular weight is 248 g/mol. The summed E-state index contributed by atoms with van der Waals surface area (Å²) in [5, 5.41) is 1.17. The Bertz CT molecular complexity index is 426. The molecule has 0 radical (unpaired) electrons. The SMILES string of the molecule is CCn1c(CN)cc2cnccc21.Cl.Cl. The molecule has 0 saturated heterocycles. The van der Waals surface area contributed by atoms with Crippen LogP contribution >= 0.6 is 24.8 Å². The Kier molecular flexibility index (Phi) is 5.65. The zero-order valence-electron chi connectivity index (χ0n) is 8.51. The van der Waals surface area contributed by atoms with Crippen molar-refractivity contribution in [3.8, 4) is 0 Å². The van der Waals surface area contributed by atoms with E-state index >= 15 is 0 Å². The lowest BCUT2D eigenvalue weighted by atomic mass is 10.3. The van der Waals surface area contributed by atoms with E-state index in [-0.39, 0.29) is 24.8 Å². The first kappa shape index (κ1) is 14.2. The number of aromatic nitrogens is 2. The van der Waals surface area contributed by atoms with Crippen LogP contribution in [0.25, 0.3) is 10.9 Å². The molecular formula is C10H15Cl2N3. The van der Waals surface area contributed by atoms with Crippen LogP contribution in [0.5, 0.6) is 0 Å². The van der Waals surface area contributed by atoms with Gasteiger partial charge in [-0.05, 0) is 19.1 Å². The fourth-order valence-electron chi connectivity index (χ4n) is 1.71. The van der Waals surface area contributed by atoms with E-state index in [0.29, 0.717) is 6.54 Å². The molecule has 0 aromatic carbocycles. The minimum Gasteiger partial charge on any atom is -0.344 e. The second kappa shape index (κ2) is 5.95. The van der Waals surface area contributed by atoms with Crippen LogP contribution in [0, 0.1) is 0 Å². The van der Waals surface area contributed by atoms with Crippen molar-refractivity contribution in [1.29, 1.82) is 0 Å². The van der Waals surface area contributed by atoms with Crippen molar-refractivity contribution in [3.63, 3.8) is 0 Å². The van der Waals surface area contributed by atoms with Gasteiger partial charge >= 0.3 is 0 Å². The Morgan fingerprint density at radius 1 is 1.40 bits per heavy atom. The van der Waals surface area contributed by atoms with E-state index in [4.69, 9.17) is 5.73 Å². The van der Waals surface area contributed by atoms with Gasteiger partial charge < -0.3 is 10.3 Å². The van der Waals surface area contributed by atoms with Crippen molar-refractivity contribution < 1.29 is 0 Å². The fraction of sp³-hybridized carbons (Fsp3) is 0.300. The van der Waals surface area contributed by atoms with Gasteiger partial charge in [-0.15, -0.1) is 24.8 Å². The van der Waals surface area contributed by atoms with E-state index in [0.717, 1.165) is 6.54 Å². The molecule has 3 nitrogen and oxygen atoms in total. The smallest absolute Gasteiger partial charge is 0.0513 e. The van der Waals surface area contributed by atoms with E-state index in [2.05, 4.69) is 22.5 Å². The maximum Gasteiger partial charge on any atom is 0.0513 e. The highest BCUT2D eigenvalue weighted by Gasteiger charge is 2.04. The quantitative estimate of drug-likeness (QED) is 0.886. The van der Waals surface area contributed by atoms with Crippen molar-refractivity contribution in [2.24, 2.45) is 5.73 Å². The summed E-state index contributed by atoms with van der Waals surface area (Å²) in [6.45, 7) is 3.67. The predicted molar refractivity (Wildman–Crippen MR) is 67.8 cm³/mol. The first-order valence-electron chi connectivity index (χ1n) is 4.49. The Labute approximate surface area is 101 Å². The second-order valence-corrected chi connectivity index (χ2v) is 3.02. The summed E-state index contributed by atoms with van der Waals surface area (Å²) in [6, 6.07) is 4.13. The molecule has 0 aliphatic heterocycles. The summed E-state index contributed by atoms with van der Waals surface area (Å²) >= 11 is 0. The molecule has 0 aliphatic carbocycles. The number of halogens is 2. The zero-order chi connectivity index (χ0) is 9.26. The van der Waals surface area contributed by atoms with Crippen molar-refractivity contribution in [2.45, 2.75) is 20.0 Å². The first-order chi connectivity index (χ1) is 6.36. The summed E-state index contributed by atoms with van der Waals surface area (Å²) < 4.78 is 2.22. The summed E-state index contributed by atoms with van der Waals surface area (Å²) in [4.78, 5) is 4.08. The number of hydrogen-bond donors (Lipinski definition) is 1. The molecule has 84 valence electrons. The maximum absolute atomic E-state index is 5.65. The van der Waals surface area contributed by atoms with Crippen molar-refractivity contribution in [3.05, 3.63) is 30.2 Å². The highest BCUT2D eigenvalue weighted by molar-refractivity contribution is 5.85. The fourth-order valence-corrected chi connectivity index (χ4v) is 1.71. The van der Waals surface area contributed by atoms with Crippen LogP contribution in [0.4, 0.5) is 0 Å². The Morgan fingerprint density at radius 3 is 2.73 bits per heavy atom. The number of pyridine rings is 1. The van der Waals surface area contributed by atoms with Crippen molar-refractivity contribution >= 4 is 35.7 Å². The van der Waals surface area contributed by atoms with Crippen LogP contribution in [0.15, 0.2) is 24.5 Å². The molecule has 2 rings (SSSR count). The Hall–Kier alpha value is -0.770. The zero-order valence-corrected chi connectivity index (χ0v) is 10.1. The van der Waals surface area contributed by atoms with Crippen LogP contribution < -0.4 is 5.73 Å². The van der Waals surface area contributed by atoms with Gasteiger partial charge in [0.1, 0.15) is 0 Å². The van der Waals surface area contributed by atoms with Crippen LogP contribution in [0.2, 0.25) is 0 Å². The monoisotopic (exact) mass is 247 g/mol. The molecule has 0 atom stereocenters. The van der Waals surface area contributed by atoms with E-state index in [1.165, 1.54) is 16.6 Å². The van der Waals surface area contributed by atoms with Gasteiger partial charge in [-0.1, -0.05) is 0 Å². The van der Waals surface area contributed by atoms with Crippen LogP contribution in [0.1, 0.15) is 12.6 Å². The van der Waals surface area contributed by atoms with Gasteiger partial charge in [-0.2, -0.15) is 0 Å². The average Bonchev–Trinajstić information content (AvgIpc) is 2.55. The second-order valence-electron chi connectivity index (χ2n) is 3.02. The number of nitrogens with zero attached hydrogens (tertiary/aromatic N) is 2. The lowest BCUT2D eigenvalue weighted by Crippen LogP contribution is -2.05. The van der Waals surface area contributed by atoms with E-state index in [9.17, 15) is 0 Å². The van der Waals surface area contributed by atoms with E-state index < -0.39 is 0 Å². The molecule has 2 heterocycles. The van der Waals surface area contributed by atoms with Gasteiger partial charge in [0, 0.05) is 36.6 Å². The minimum absolute atomic E-state index is 0. The van der Waals surface area contributed by atoms with Gasteiger partial charge in [-0.3, -0.25) is 4.98 Å².